The van der Waals surface area contributed by atoms with Crippen molar-refractivity contribution >= 4 is 17.9 Å². The Hall–Kier alpha value is -2.75. The number of ether oxygens (including phenoxy) is 1. The van der Waals surface area contributed by atoms with E-state index in [0.29, 0.717) is 5.69 Å². The first-order valence-corrected chi connectivity index (χ1v) is 8.03. The molecule has 0 aliphatic carbocycles. The van der Waals surface area contributed by atoms with E-state index in [1.54, 1.807) is 13.8 Å². The average Bonchev–Trinajstić information content (AvgIpc) is 2.86. The number of hydrogen-bond donors (Lipinski definition) is 3. The van der Waals surface area contributed by atoms with E-state index < -0.39 is 5.97 Å². The van der Waals surface area contributed by atoms with Gasteiger partial charge in [-0.05, 0) is 39.2 Å². The van der Waals surface area contributed by atoms with Crippen LogP contribution in [0.1, 0.15) is 47.9 Å². The molecule has 7 nitrogen and oxygen atoms in total. The number of aryl methyl sites for hydroxylation is 1. The van der Waals surface area contributed by atoms with Crippen molar-refractivity contribution in [3.63, 3.8) is 0 Å². The Bertz CT molecular complexity index is 706. The molecule has 24 heavy (non-hydrogen) atoms. The number of aromatic hydroxyl groups is 1. The van der Waals surface area contributed by atoms with Crippen LogP contribution in [0.3, 0.4) is 0 Å². The Morgan fingerprint density at radius 2 is 2.12 bits per heavy atom. The maximum Gasteiger partial charge on any atom is 0.343 e. The summed E-state index contributed by atoms with van der Waals surface area (Å²) in [6.07, 6.45) is 4.54. The summed E-state index contributed by atoms with van der Waals surface area (Å²) in [4.78, 5) is 16.6. The van der Waals surface area contributed by atoms with Crippen molar-refractivity contribution in [2.45, 2.75) is 33.1 Å². The van der Waals surface area contributed by atoms with Crippen molar-refractivity contribution < 1.29 is 14.6 Å². The van der Waals surface area contributed by atoms with Crippen LogP contribution in [-0.4, -0.2) is 46.5 Å². The van der Waals surface area contributed by atoms with Crippen LogP contribution in [0.25, 0.3) is 6.08 Å². The monoisotopic (exact) mass is 330 g/mol. The Kier molecular flexibility index (Phi) is 5.64. The topological polar surface area (TPSA) is 113 Å². The maximum atomic E-state index is 11.9. The number of esters is 1. The molecule has 2 rings (SSSR count). The summed E-state index contributed by atoms with van der Waals surface area (Å²) < 4.78 is 4.92. The van der Waals surface area contributed by atoms with Crippen LogP contribution < -0.4 is 0 Å². The quantitative estimate of drug-likeness (QED) is 0.340. The van der Waals surface area contributed by atoms with Gasteiger partial charge in [-0.15, -0.1) is 0 Å². The number of nitriles is 1. The van der Waals surface area contributed by atoms with E-state index in [1.165, 1.54) is 6.08 Å². The summed E-state index contributed by atoms with van der Waals surface area (Å²) in [5.74, 6) is -0.736. The summed E-state index contributed by atoms with van der Waals surface area (Å²) in [7, 11) is 0. The summed E-state index contributed by atoms with van der Waals surface area (Å²) in [5, 5.41) is 27.9. The summed E-state index contributed by atoms with van der Waals surface area (Å²) in [5.41, 5.74) is 0.890. The molecule has 0 amide bonds. The van der Waals surface area contributed by atoms with Gasteiger partial charge in [0.2, 0.25) is 0 Å². The first-order chi connectivity index (χ1) is 11.5. The zero-order valence-corrected chi connectivity index (χ0v) is 14.0. The van der Waals surface area contributed by atoms with Crippen LogP contribution in [-0.2, 0) is 4.74 Å². The molecular formula is C17H22N4O3. The van der Waals surface area contributed by atoms with Gasteiger partial charge in [0.05, 0.1) is 17.9 Å². The molecule has 1 aliphatic heterocycles. The normalized spacial score (nSPS) is 15.0. The Morgan fingerprint density at radius 1 is 1.46 bits per heavy atom. The second-order valence-corrected chi connectivity index (χ2v) is 5.67. The standard InChI is InChI=1S/C17H22N4O3/c1-3-24-17(23)14-11(2)20-13(15(14)22)9-12(10-18)16(19)21-7-5-4-6-8-21/h9,19-20,22H,3-8H2,1-2H3/b12-9+,19-16?. The van der Waals surface area contributed by atoms with Crippen LogP contribution in [0, 0.1) is 23.7 Å². The third-order valence-corrected chi connectivity index (χ3v) is 4.01. The van der Waals surface area contributed by atoms with Gasteiger partial charge in [-0.25, -0.2) is 4.79 Å². The van der Waals surface area contributed by atoms with E-state index in [-0.39, 0.29) is 35.0 Å². The predicted octanol–water partition coefficient (Wildman–Crippen LogP) is 2.58. The van der Waals surface area contributed by atoms with E-state index in [1.807, 2.05) is 11.0 Å². The van der Waals surface area contributed by atoms with Crippen LogP contribution in [0.4, 0.5) is 0 Å². The van der Waals surface area contributed by atoms with Crippen LogP contribution in [0.15, 0.2) is 5.57 Å². The minimum absolute atomic E-state index is 0.0601. The number of hydrogen-bond acceptors (Lipinski definition) is 5. The number of likely N-dealkylation sites (tertiary alicyclic amines) is 1. The molecule has 1 aromatic heterocycles. The highest BCUT2D eigenvalue weighted by Crippen LogP contribution is 2.28. The molecule has 3 N–H and O–H groups in total. The summed E-state index contributed by atoms with van der Waals surface area (Å²) >= 11 is 0. The lowest BCUT2D eigenvalue weighted by Crippen LogP contribution is -2.35. The number of aromatic nitrogens is 1. The lowest BCUT2D eigenvalue weighted by atomic mass is 10.1. The number of nitrogens with zero attached hydrogens (tertiary/aromatic N) is 2. The number of aromatic amines is 1. The number of piperidine rings is 1. The number of nitrogens with one attached hydrogen (secondary N) is 2. The molecule has 0 spiro atoms. The third kappa shape index (κ3) is 3.59. The van der Waals surface area contributed by atoms with Crippen molar-refractivity contribution in [3.8, 4) is 11.8 Å². The van der Waals surface area contributed by atoms with Gasteiger partial charge < -0.3 is 19.7 Å². The van der Waals surface area contributed by atoms with Gasteiger partial charge in [0.15, 0.2) is 5.75 Å². The smallest absolute Gasteiger partial charge is 0.343 e. The highest BCUT2D eigenvalue weighted by atomic mass is 16.5. The minimum Gasteiger partial charge on any atom is -0.505 e. The number of H-pyrrole nitrogens is 1. The fourth-order valence-corrected chi connectivity index (χ4v) is 2.78. The van der Waals surface area contributed by atoms with Crippen LogP contribution >= 0.6 is 0 Å². The molecule has 128 valence electrons. The molecule has 1 aliphatic rings. The van der Waals surface area contributed by atoms with Crippen molar-refractivity contribution in [1.82, 2.24) is 9.88 Å². The molecule has 0 unspecified atom stereocenters. The Labute approximate surface area is 141 Å². The third-order valence-electron chi connectivity index (χ3n) is 4.01. The molecule has 0 saturated carbocycles. The van der Waals surface area contributed by atoms with E-state index in [9.17, 15) is 15.2 Å². The fraction of sp³-hybridized carbons (Fsp3) is 0.471. The molecule has 0 bridgehead atoms. The zero-order chi connectivity index (χ0) is 17.7. The van der Waals surface area contributed by atoms with Crippen molar-refractivity contribution in [2.24, 2.45) is 0 Å². The van der Waals surface area contributed by atoms with E-state index >= 15 is 0 Å². The average molecular weight is 330 g/mol. The number of carbonyl (C=O) groups is 1. The van der Waals surface area contributed by atoms with Gasteiger partial charge in [0, 0.05) is 18.8 Å². The molecule has 0 aromatic carbocycles. The van der Waals surface area contributed by atoms with E-state index in [4.69, 9.17) is 10.1 Å². The zero-order valence-electron chi connectivity index (χ0n) is 14.0. The van der Waals surface area contributed by atoms with E-state index in [0.717, 1.165) is 32.4 Å². The first kappa shape index (κ1) is 17.6. The molecule has 1 fully saturated rings. The highest BCUT2D eigenvalue weighted by molar-refractivity contribution is 6.04. The number of amidine groups is 1. The van der Waals surface area contributed by atoms with Gasteiger partial charge in [0.1, 0.15) is 17.5 Å². The second-order valence-electron chi connectivity index (χ2n) is 5.67. The van der Waals surface area contributed by atoms with Crippen LogP contribution in [0.2, 0.25) is 0 Å². The highest BCUT2D eigenvalue weighted by Gasteiger charge is 2.23. The van der Waals surface area contributed by atoms with Crippen molar-refractivity contribution in [1.29, 1.82) is 10.7 Å². The minimum atomic E-state index is -0.618. The van der Waals surface area contributed by atoms with Gasteiger partial charge in [-0.3, -0.25) is 5.41 Å². The van der Waals surface area contributed by atoms with Gasteiger partial charge in [-0.2, -0.15) is 5.26 Å². The molecule has 2 heterocycles. The SMILES string of the molecule is CCOC(=O)c1c(C)[nH]c(/C=C(\C#N)C(=N)N2CCCCC2)c1O. The largest absolute Gasteiger partial charge is 0.505 e. The van der Waals surface area contributed by atoms with Crippen molar-refractivity contribution in [3.05, 3.63) is 22.5 Å². The molecule has 1 saturated heterocycles. The van der Waals surface area contributed by atoms with E-state index in [2.05, 4.69) is 4.98 Å². The molecule has 1 aromatic rings. The predicted molar refractivity (Wildman–Crippen MR) is 89.9 cm³/mol. The lowest BCUT2D eigenvalue weighted by molar-refractivity contribution is 0.0522. The summed E-state index contributed by atoms with van der Waals surface area (Å²) in [6.45, 7) is 5.04. The van der Waals surface area contributed by atoms with Crippen LogP contribution in [0.5, 0.6) is 5.75 Å². The molecule has 0 atom stereocenters. The number of carbonyl (C=O) groups excluding carboxylic acids is 1. The second kappa shape index (κ2) is 7.68. The Morgan fingerprint density at radius 3 is 2.71 bits per heavy atom. The Balaban J connectivity index is 2.31. The summed E-state index contributed by atoms with van der Waals surface area (Å²) in [6, 6.07) is 2.01. The van der Waals surface area contributed by atoms with Gasteiger partial charge in [-0.1, -0.05) is 0 Å². The van der Waals surface area contributed by atoms with Crippen molar-refractivity contribution in [2.75, 3.05) is 19.7 Å². The van der Waals surface area contributed by atoms with Gasteiger partial charge in [0.25, 0.3) is 0 Å². The molecular weight excluding hydrogens is 308 g/mol. The first-order valence-electron chi connectivity index (χ1n) is 8.03. The number of rotatable bonds is 4. The fourth-order valence-electron chi connectivity index (χ4n) is 2.78. The molecule has 7 heteroatoms. The lowest BCUT2D eigenvalue weighted by Gasteiger charge is -2.28. The van der Waals surface area contributed by atoms with Gasteiger partial charge >= 0.3 is 5.97 Å². The maximum absolute atomic E-state index is 11.9. The molecule has 0 radical (unpaired) electrons.